The number of rotatable bonds is 5. The topological polar surface area (TPSA) is 86.3 Å². The summed E-state index contributed by atoms with van der Waals surface area (Å²) in [4.78, 5) is 0. The molecule has 1 aliphatic heterocycles. The van der Waals surface area contributed by atoms with E-state index in [9.17, 15) is 0 Å². The van der Waals surface area contributed by atoms with Gasteiger partial charge < -0.3 is 25.2 Å². The zero-order chi connectivity index (χ0) is 15.4. The highest BCUT2D eigenvalue weighted by Crippen LogP contribution is 2.32. The van der Waals surface area contributed by atoms with E-state index in [-0.39, 0.29) is 12.6 Å². The summed E-state index contributed by atoms with van der Waals surface area (Å²) in [5, 5.41) is 11.6. The number of oxime groups is 1. The summed E-state index contributed by atoms with van der Waals surface area (Å²) < 4.78 is 16.3. The second kappa shape index (κ2) is 6.36. The van der Waals surface area contributed by atoms with Crippen molar-refractivity contribution in [2.24, 2.45) is 10.9 Å². The molecule has 3 N–H and O–H groups in total. The van der Waals surface area contributed by atoms with Crippen molar-refractivity contribution in [2.45, 2.75) is 13.2 Å². The molecule has 1 aliphatic rings. The highest BCUT2D eigenvalue weighted by Gasteiger charge is 2.13. The van der Waals surface area contributed by atoms with Gasteiger partial charge in [-0.3, -0.25) is 0 Å². The molecule has 0 bridgehead atoms. The van der Waals surface area contributed by atoms with Crippen LogP contribution in [-0.2, 0) is 18.0 Å². The number of hydrogen-bond donors (Lipinski definition) is 2. The van der Waals surface area contributed by atoms with Crippen LogP contribution in [0.5, 0.6) is 11.5 Å². The molecule has 6 heteroatoms. The Hall–Kier alpha value is -2.73. The maximum atomic E-state index is 8.61. The van der Waals surface area contributed by atoms with E-state index in [2.05, 4.69) is 5.16 Å². The molecule has 0 amide bonds. The Morgan fingerprint density at radius 3 is 2.50 bits per heavy atom. The number of benzene rings is 2. The molecule has 114 valence electrons. The van der Waals surface area contributed by atoms with E-state index < -0.39 is 0 Å². The number of hydrogen-bond acceptors (Lipinski definition) is 5. The largest absolute Gasteiger partial charge is 0.454 e. The van der Waals surface area contributed by atoms with E-state index in [0.717, 1.165) is 22.6 Å². The van der Waals surface area contributed by atoms with Crippen LogP contribution in [0, 0.1) is 0 Å². The molecule has 0 fully saturated rings. The lowest BCUT2D eigenvalue weighted by molar-refractivity contribution is 0.107. The highest BCUT2D eigenvalue weighted by molar-refractivity contribution is 5.96. The average molecular weight is 300 g/mol. The van der Waals surface area contributed by atoms with E-state index in [0.29, 0.717) is 18.8 Å². The van der Waals surface area contributed by atoms with Gasteiger partial charge in [-0.2, -0.15) is 0 Å². The lowest BCUT2D eigenvalue weighted by Crippen LogP contribution is -2.12. The monoisotopic (exact) mass is 300 g/mol. The molecule has 6 nitrogen and oxygen atoms in total. The molecular formula is C16H16N2O4. The Labute approximate surface area is 127 Å². The molecule has 0 aliphatic carbocycles. The van der Waals surface area contributed by atoms with Crippen molar-refractivity contribution in [1.29, 1.82) is 0 Å². The van der Waals surface area contributed by atoms with E-state index in [1.807, 2.05) is 30.3 Å². The van der Waals surface area contributed by atoms with Crippen molar-refractivity contribution in [3.8, 4) is 11.5 Å². The lowest BCUT2D eigenvalue weighted by atomic mass is 10.1. The predicted octanol–water partition coefficient (Wildman–Crippen LogP) is 2.23. The fraction of sp³-hybridized carbons (Fsp3) is 0.188. The number of ether oxygens (including phenoxy) is 3. The summed E-state index contributed by atoms with van der Waals surface area (Å²) in [7, 11) is 0. The molecule has 0 saturated carbocycles. The van der Waals surface area contributed by atoms with Gasteiger partial charge in [0.25, 0.3) is 0 Å². The van der Waals surface area contributed by atoms with Gasteiger partial charge in [0.1, 0.15) is 0 Å². The van der Waals surface area contributed by atoms with Gasteiger partial charge in [-0.15, -0.1) is 0 Å². The van der Waals surface area contributed by atoms with E-state index in [4.69, 9.17) is 25.2 Å². The van der Waals surface area contributed by atoms with Crippen LogP contribution in [0.3, 0.4) is 0 Å². The molecule has 0 aromatic heterocycles. The first-order valence-corrected chi connectivity index (χ1v) is 6.79. The Morgan fingerprint density at radius 1 is 1.05 bits per heavy atom. The molecule has 3 rings (SSSR count). The second-order valence-electron chi connectivity index (χ2n) is 4.86. The zero-order valence-corrected chi connectivity index (χ0v) is 11.9. The van der Waals surface area contributed by atoms with Gasteiger partial charge in [0.15, 0.2) is 17.3 Å². The minimum atomic E-state index is 0.0906. The minimum absolute atomic E-state index is 0.0906. The summed E-state index contributed by atoms with van der Waals surface area (Å²) in [5.74, 6) is 1.61. The van der Waals surface area contributed by atoms with Crippen LogP contribution in [0.15, 0.2) is 47.6 Å². The van der Waals surface area contributed by atoms with Crippen LogP contribution in [0.25, 0.3) is 0 Å². The summed E-state index contributed by atoms with van der Waals surface area (Å²) in [6, 6.07) is 13.1. The van der Waals surface area contributed by atoms with Crippen LogP contribution < -0.4 is 15.2 Å². The third-order valence-corrected chi connectivity index (χ3v) is 3.33. The number of nitrogens with two attached hydrogens (primary N) is 1. The quantitative estimate of drug-likeness (QED) is 0.383. The Balaban J connectivity index is 1.54. The first kappa shape index (κ1) is 14.2. The molecule has 2 aromatic carbocycles. The van der Waals surface area contributed by atoms with E-state index in [1.54, 1.807) is 12.1 Å². The third kappa shape index (κ3) is 3.12. The lowest BCUT2D eigenvalue weighted by Gasteiger charge is -2.06. The first-order valence-electron chi connectivity index (χ1n) is 6.79. The third-order valence-electron chi connectivity index (χ3n) is 3.33. The summed E-state index contributed by atoms with van der Waals surface area (Å²) in [6.45, 7) is 1.23. The van der Waals surface area contributed by atoms with Gasteiger partial charge in [-0.25, -0.2) is 0 Å². The molecule has 0 radical (unpaired) electrons. The summed E-state index contributed by atoms with van der Waals surface area (Å²) >= 11 is 0. The van der Waals surface area contributed by atoms with Crippen molar-refractivity contribution in [2.75, 3.05) is 6.79 Å². The summed E-state index contributed by atoms with van der Waals surface area (Å²) in [5.41, 5.74) is 8.22. The molecular weight excluding hydrogens is 284 g/mol. The second-order valence-corrected chi connectivity index (χ2v) is 4.86. The fourth-order valence-corrected chi connectivity index (χ4v) is 2.15. The highest BCUT2D eigenvalue weighted by atomic mass is 16.7. The Morgan fingerprint density at radius 2 is 1.73 bits per heavy atom. The van der Waals surface area contributed by atoms with E-state index in [1.165, 1.54) is 0 Å². The smallest absolute Gasteiger partial charge is 0.231 e. The molecule has 0 spiro atoms. The van der Waals surface area contributed by atoms with Gasteiger partial charge >= 0.3 is 0 Å². The first-order chi connectivity index (χ1) is 10.8. The average Bonchev–Trinajstić information content (AvgIpc) is 3.02. The molecule has 2 aromatic rings. The van der Waals surface area contributed by atoms with Crippen molar-refractivity contribution >= 4 is 5.84 Å². The normalized spacial score (nSPS) is 13.4. The SMILES string of the molecule is N/C(=N\O)c1ccc(COCc2ccc3c(c2)OCO3)cc1. The van der Waals surface area contributed by atoms with Gasteiger partial charge in [-0.1, -0.05) is 35.5 Å². The van der Waals surface area contributed by atoms with Crippen molar-refractivity contribution in [3.63, 3.8) is 0 Å². The minimum Gasteiger partial charge on any atom is -0.454 e. The fourth-order valence-electron chi connectivity index (χ4n) is 2.15. The van der Waals surface area contributed by atoms with Crippen LogP contribution in [0.1, 0.15) is 16.7 Å². The van der Waals surface area contributed by atoms with Crippen LogP contribution in [0.4, 0.5) is 0 Å². The van der Waals surface area contributed by atoms with Gasteiger partial charge in [-0.05, 0) is 23.3 Å². The molecule has 0 atom stereocenters. The predicted molar refractivity (Wildman–Crippen MR) is 80.0 cm³/mol. The van der Waals surface area contributed by atoms with Crippen LogP contribution in [0.2, 0.25) is 0 Å². The zero-order valence-electron chi connectivity index (χ0n) is 11.9. The van der Waals surface area contributed by atoms with Crippen molar-refractivity contribution in [1.82, 2.24) is 0 Å². The summed E-state index contributed by atoms with van der Waals surface area (Å²) in [6.07, 6.45) is 0. The molecule has 0 unspecified atom stereocenters. The van der Waals surface area contributed by atoms with E-state index >= 15 is 0 Å². The Bertz CT molecular complexity index is 683. The number of fused-ring (bicyclic) bond motifs is 1. The van der Waals surface area contributed by atoms with Crippen molar-refractivity contribution in [3.05, 3.63) is 59.2 Å². The molecule has 1 heterocycles. The Kier molecular flexibility index (Phi) is 4.11. The maximum absolute atomic E-state index is 8.61. The van der Waals surface area contributed by atoms with Gasteiger partial charge in [0.05, 0.1) is 13.2 Å². The van der Waals surface area contributed by atoms with Crippen LogP contribution >= 0.6 is 0 Å². The number of nitrogens with zero attached hydrogens (tertiary/aromatic N) is 1. The molecule has 22 heavy (non-hydrogen) atoms. The standard InChI is InChI=1S/C16H16N2O4/c17-16(18-19)13-4-1-11(2-5-13)8-20-9-12-3-6-14-15(7-12)22-10-21-14/h1-7,19H,8-10H2,(H2,17,18). The number of amidine groups is 1. The van der Waals surface area contributed by atoms with Gasteiger partial charge in [0.2, 0.25) is 6.79 Å². The van der Waals surface area contributed by atoms with Crippen molar-refractivity contribution < 1.29 is 19.4 Å². The maximum Gasteiger partial charge on any atom is 0.231 e. The van der Waals surface area contributed by atoms with Gasteiger partial charge in [0, 0.05) is 5.56 Å². The van der Waals surface area contributed by atoms with Crippen LogP contribution in [-0.4, -0.2) is 17.8 Å². The molecule has 0 saturated heterocycles.